The maximum Gasteiger partial charge on any atom is 0.120 e. The van der Waals surface area contributed by atoms with E-state index in [-0.39, 0.29) is 6.04 Å². The summed E-state index contributed by atoms with van der Waals surface area (Å²) in [6, 6.07) is 6.10. The third-order valence-corrected chi connectivity index (χ3v) is 3.85. The topological polar surface area (TPSA) is 35.5 Å². The Labute approximate surface area is 110 Å². The number of phenols is 1. The standard InChI is InChI=1S/C15H24N2O/c1-11-4-5-14(15(18)8-11)12(2)16-9-13-6-7-17(3)10-13/h4-5,8,12-13,16,18H,6-7,9-10H2,1-3H3. The van der Waals surface area contributed by atoms with Gasteiger partial charge in [-0.3, -0.25) is 0 Å². The number of benzene rings is 1. The molecule has 2 rings (SSSR count). The fourth-order valence-electron chi connectivity index (χ4n) is 2.67. The molecule has 2 atom stereocenters. The zero-order valence-corrected chi connectivity index (χ0v) is 11.6. The Morgan fingerprint density at radius 3 is 2.89 bits per heavy atom. The van der Waals surface area contributed by atoms with Gasteiger partial charge < -0.3 is 15.3 Å². The van der Waals surface area contributed by atoms with Gasteiger partial charge >= 0.3 is 0 Å². The van der Waals surface area contributed by atoms with Gasteiger partial charge in [-0.25, -0.2) is 0 Å². The lowest BCUT2D eigenvalue weighted by molar-refractivity contribution is 0.379. The van der Waals surface area contributed by atoms with E-state index >= 15 is 0 Å². The minimum atomic E-state index is 0.205. The second kappa shape index (κ2) is 5.72. The molecule has 1 aromatic carbocycles. The third-order valence-electron chi connectivity index (χ3n) is 3.85. The van der Waals surface area contributed by atoms with Gasteiger partial charge in [0.2, 0.25) is 0 Å². The number of nitrogens with zero attached hydrogens (tertiary/aromatic N) is 1. The summed E-state index contributed by atoms with van der Waals surface area (Å²) in [7, 11) is 2.18. The van der Waals surface area contributed by atoms with E-state index in [0.29, 0.717) is 5.75 Å². The average Bonchev–Trinajstić information content (AvgIpc) is 2.72. The predicted octanol–water partition coefficient (Wildman–Crippen LogP) is 2.30. The monoisotopic (exact) mass is 248 g/mol. The Kier molecular flexibility index (Phi) is 4.25. The Morgan fingerprint density at radius 2 is 2.28 bits per heavy atom. The summed E-state index contributed by atoms with van der Waals surface area (Å²) in [4.78, 5) is 2.38. The van der Waals surface area contributed by atoms with Gasteiger partial charge in [0.1, 0.15) is 5.75 Å². The van der Waals surface area contributed by atoms with Crippen LogP contribution < -0.4 is 5.32 Å². The van der Waals surface area contributed by atoms with Crippen LogP contribution in [0.2, 0.25) is 0 Å². The maximum atomic E-state index is 9.95. The Morgan fingerprint density at radius 1 is 1.50 bits per heavy atom. The molecule has 1 saturated heterocycles. The molecular weight excluding hydrogens is 224 g/mol. The molecule has 1 aliphatic heterocycles. The van der Waals surface area contributed by atoms with Crippen molar-refractivity contribution in [3.05, 3.63) is 29.3 Å². The van der Waals surface area contributed by atoms with E-state index < -0.39 is 0 Å². The second-order valence-corrected chi connectivity index (χ2v) is 5.61. The lowest BCUT2D eigenvalue weighted by Crippen LogP contribution is -2.27. The molecule has 2 unspecified atom stereocenters. The van der Waals surface area contributed by atoms with E-state index in [2.05, 4.69) is 30.3 Å². The molecule has 0 aliphatic carbocycles. The molecular formula is C15H24N2O. The summed E-state index contributed by atoms with van der Waals surface area (Å²) in [5, 5.41) is 13.5. The van der Waals surface area contributed by atoms with Crippen LogP contribution in [0.5, 0.6) is 5.75 Å². The molecule has 1 aromatic rings. The average molecular weight is 248 g/mol. The summed E-state index contributed by atoms with van der Waals surface area (Å²) in [5.41, 5.74) is 2.09. The van der Waals surface area contributed by atoms with Gasteiger partial charge in [-0.2, -0.15) is 0 Å². The van der Waals surface area contributed by atoms with Crippen LogP contribution in [0, 0.1) is 12.8 Å². The van der Waals surface area contributed by atoms with Crippen molar-refractivity contribution in [2.24, 2.45) is 5.92 Å². The van der Waals surface area contributed by atoms with Crippen LogP contribution in [0.1, 0.15) is 30.5 Å². The van der Waals surface area contributed by atoms with Crippen LogP contribution in [0.25, 0.3) is 0 Å². The van der Waals surface area contributed by atoms with Crippen molar-refractivity contribution in [3.63, 3.8) is 0 Å². The van der Waals surface area contributed by atoms with E-state index in [9.17, 15) is 5.11 Å². The number of likely N-dealkylation sites (tertiary alicyclic amines) is 1. The number of aromatic hydroxyl groups is 1. The Balaban J connectivity index is 1.89. The minimum absolute atomic E-state index is 0.205. The highest BCUT2D eigenvalue weighted by molar-refractivity contribution is 5.37. The van der Waals surface area contributed by atoms with Crippen LogP contribution in [0.3, 0.4) is 0 Å². The zero-order valence-electron chi connectivity index (χ0n) is 11.6. The van der Waals surface area contributed by atoms with Crippen molar-refractivity contribution in [1.82, 2.24) is 10.2 Å². The summed E-state index contributed by atoms with van der Waals surface area (Å²) in [6.45, 7) is 7.52. The molecule has 0 saturated carbocycles. The Hall–Kier alpha value is -1.06. The van der Waals surface area contributed by atoms with Gasteiger partial charge in [-0.15, -0.1) is 0 Å². The van der Waals surface area contributed by atoms with E-state index in [1.165, 1.54) is 19.5 Å². The first-order chi connectivity index (χ1) is 8.56. The third kappa shape index (κ3) is 3.24. The molecule has 0 amide bonds. The van der Waals surface area contributed by atoms with E-state index in [1.807, 2.05) is 19.1 Å². The van der Waals surface area contributed by atoms with Gasteiger partial charge in [0.25, 0.3) is 0 Å². The molecule has 2 N–H and O–H groups in total. The number of rotatable bonds is 4. The molecule has 0 aromatic heterocycles. The first-order valence-electron chi connectivity index (χ1n) is 6.77. The lowest BCUT2D eigenvalue weighted by atomic mass is 10.0. The Bertz CT molecular complexity index is 405. The summed E-state index contributed by atoms with van der Waals surface area (Å²) < 4.78 is 0. The highest BCUT2D eigenvalue weighted by atomic mass is 16.3. The number of hydrogen-bond acceptors (Lipinski definition) is 3. The SMILES string of the molecule is Cc1ccc(C(C)NCC2CCN(C)C2)c(O)c1. The lowest BCUT2D eigenvalue weighted by Gasteiger charge is -2.18. The maximum absolute atomic E-state index is 9.95. The number of nitrogens with one attached hydrogen (secondary N) is 1. The summed E-state index contributed by atoms with van der Waals surface area (Å²) in [6.07, 6.45) is 1.27. The van der Waals surface area contributed by atoms with Crippen molar-refractivity contribution in [2.75, 3.05) is 26.7 Å². The van der Waals surface area contributed by atoms with E-state index in [4.69, 9.17) is 0 Å². The molecule has 100 valence electrons. The van der Waals surface area contributed by atoms with Crippen LogP contribution in [0.4, 0.5) is 0 Å². The highest BCUT2D eigenvalue weighted by Gasteiger charge is 2.20. The summed E-state index contributed by atoms with van der Waals surface area (Å²) >= 11 is 0. The molecule has 0 radical (unpaired) electrons. The van der Waals surface area contributed by atoms with Crippen molar-refractivity contribution >= 4 is 0 Å². The fourth-order valence-corrected chi connectivity index (χ4v) is 2.67. The van der Waals surface area contributed by atoms with Gasteiger partial charge in [0.15, 0.2) is 0 Å². The quantitative estimate of drug-likeness (QED) is 0.858. The first-order valence-corrected chi connectivity index (χ1v) is 6.77. The number of aryl methyl sites for hydroxylation is 1. The van der Waals surface area contributed by atoms with E-state index in [0.717, 1.165) is 23.6 Å². The van der Waals surface area contributed by atoms with Crippen LogP contribution >= 0.6 is 0 Å². The zero-order chi connectivity index (χ0) is 13.1. The normalized spacial score (nSPS) is 22.3. The van der Waals surface area contributed by atoms with Crippen LogP contribution in [-0.4, -0.2) is 36.7 Å². The molecule has 3 heteroatoms. The highest BCUT2D eigenvalue weighted by Crippen LogP contribution is 2.25. The van der Waals surface area contributed by atoms with Crippen molar-refractivity contribution in [2.45, 2.75) is 26.3 Å². The predicted molar refractivity (Wildman–Crippen MR) is 74.9 cm³/mol. The summed E-state index contributed by atoms with van der Waals surface area (Å²) in [5.74, 6) is 1.14. The number of hydrogen-bond donors (Lipinski definition) is 2. The first kappa shape index (κ1) is 13.4. The minimum Gasteiger partial charge on any atom is -0.508 e. The van der Waals surface area contributed by atoms with Crippen LogP contribution in [-0.2, 0) is 0 Å². The van der Waals surface area contributed by atoms with Gasteiger partial charge in [-0.1, -0.05) is 12.1 Å². The van der Waals surface area contributed by atoms with E-state index in [1.54, 1.807) is 0 Å². The van der Waals surface area contributed by atoms with Crippen molar-refractivity contribution in [1.29, 1.82) is 0 Å². The second-order valence-electron chi connectivity index (χ2n) is 5.61. The molecule has 1 fully saturated rings. The molecule has 1 aliphatic rings. The van der Waals surface area contributed by atoms with Crippen molar-refractivity contribution in [3.8, 4) is 5.75 Å². The molecule has 1 heterocycles. The van der Waals surface area contributed by atoms with Gasteiger partial charge in [0.05, 0.1) is 0 Å². The smallest absolute Gasteiger partial charge is 0.120 e. The molecule has 0 spiro atoms. The number of phenolic OH excluding ortho intramolecular Hbond substituents is 1. The molecule has 3 nitrogen and oxygen atoms in total. The van der Waals surface area contributed by atoms with Crippen molar-refractivity contribution < 1.29 is 5.11 Å². The van der Waals surface area contributed by atoms with Gasteiger partial charge in [-0.05, 0) is 58.0 Å². The van der Waals surface area contributed by atoms with Crippen LogP contribution in [0.15, 0.2) is 18.2 Å². The largest absolute Gasteiger partial charge is 0.508 e. The molecule has 0 bridgehead atoms. The fraction of sp³-hybridized carbons (Fsp3) is 0.600. The molecule has 18 heavy (non-hydrogen) atoms. The van der Waals surface area contributed by atoms with Gasteiger partial charge in [0, 0.05) is 18.2 Å².